The number of carbonyl (C=O) groups is 2. The van der Waals surface area contributed by atoms with E-state index < -0.39 is 0 Å². The highest BCUT2D eigenvalue weighted by Gasteiger charge is 2.16. The second-order valence-electron chi connectivity index (χ2n) is 5.20. The maximum atomic E-state index is 12.3. The zero-order valence-corrected chi connectivity index (χ0v) is 14.8. The van der Waals surface area contributed by atoms with Crippen LogP contribution in [-0.2, 0) is 9.53 Å². The molecule has 6 nitrogen and oxygen atoms in total. The van der Waals surface area contributed by atoms with E-state index in [9.17, 15) is 9.59 Å². The highest BCUT2D eigenvalue weighted by Crippen LogP contribution is 2.38. The Balaban J connectivity index is 2.57. The molecule has 0 fully saturated rings. The summed E-state index contributed by atoms with van der Waals surface area (Å²) in [4.78, 5) is 23.6. The molecule has 1 rings (SSSR count). The molecule has 6 heteroatoms. The van der Waals surface area contributed by atoms with Crippen LogP contribution in [0.3, 0.4) is 0 Å². The minimum Gasteiger partial charge on any atom is -0.493 e. The van der Waals surface area contributed by atoms with E-state index in [0.717, 1.165) is 19.3 Å². The van der Waals surface area contributed by atoms with Crippen molar-refractivity contribution in [3.63, 3.8) is 0 Å². The van der Waals surface area contributed by atoms with Crippen LogP contribution in [0.15, 0.2) is 12.1 Å². The second kappa shape index (κ2) is 10.5. The lowest BCUT2D eigenvalue weighted by atomic mass is 10.0. The maximum absolute atomic E-state index is 12.3. The number of hydrogen-bond acceptors (Lipinski definition) is 6. The molecule has 0 radical (unpaired) electrons. The molecule has 24 heavy (non-hydrogen) atoms. The van der Waals surface area contributed by atoms with Crippen LogP contribution in [0.1, 0.15) is 49.4 Å². The van der Waals surface area contributed by atoms with Gasteiger partial charge in [0.25, 0.3) is 0 Å². The molecular formula is C18H26O6. The molecule has 0 atom stereocenters. The number of carbonyl (C=O) groups excluding carboxylic acids is 2. The first-order valence-corrected chi connectivity index (χ1v) is 8.06. The highest BCUT2D eigenvalue weighted by molar-refractivity contribution is 5.97. The predicted molar refractivity (Wildman–Crippen MR) is 90.1 cm³/mol. The van der Waals surface area contributed by atoms with Crippen LogP contribution in [-0.4, -0.2) is 39.7 Å². The molecular weight excluding hydrogens is 312 g/mol. The van der Waals surface area contributed by atoms with Gasteiger partial charge in [0.15, 0.2) is 17.3 Å². The Kier molecular flexibility index (Phi) is 8.68. The number of hydrogen-bond donors (Lipinski definition) is 0. The third kappa shape index (κ3) is 5.76. The molecule has 0 saturated carbocycles. The second-order valence-corrected chi connectivity index (χ2v) is 5.20. The van der Waals surface area contributed by atoms with E-state index in [0.29, 0.717) is 42.3 Å². The Bertz CT molecular complexity index is 527. The van der Waals surface area contributed by atoms with Crippen molar-refractivity contribution in [1.29, 1.82) is 0 Å². The molecule has 0 N–H and O–H groups in total. The van der Waals surface area contributed by atoms with Gasteiger partial charge in [0.1, 0.15) is 0 Å². The van der Waals surface area contributed by atoms with Gasteiger partial charge in [-0.3, -0.25) is 9.59 Å². The van der Waals surface area contributed by atoms with Crippen molar-refractivity contribution in [3.8, 4) is 17.2 Å². The Labute approximate surface area is 143 Å². The third-order valence-electron chi connectivity index (χ3n) is 3.58. The van der Waals surface area contributed by atoms with Gasteiger partial charge in [-0.1, -0.05) is 6.42 Å². The van der Waals surface area contributed by atoms with Gasteiger partial charge in [0, 0.05) is 18.4 Å². The van der Waals surface area contributed by atoms with Gasteiger partial charge in [-0.2, -0.15) is 0 Å². The topological polar surface area (TPSA) is 71.1 Å². The molecule has 134 valence electrons. The van der Waals surface area contributed by atoms with Crippen molar-refractivity contribution < 1.29 is 28.5 Å². The fourth-order valence-corrected chi connectivity index (χ4v) is 2.35. The highest BCUT2D eigenvalue weighted by atomic mass is 16.5. The lowest BCUT2D eigenvalue weighted by Gasteiger charge is -2.13. The predicted octanol–water partition coefficient (Wildman–Crippen LogP) is 3.41. The molecule has 0 aliphatic carbocycles. The van der Waals surface area contributed by atoms with Crippen LogP contribution < -0.4 is 14.2 Å². The first-order chi connectivity index (χ1) is 11.6. The number of Topliss-reactive ketones (excluding diaryl/α,β-unsaturated/α-hetero) is 1. The summed E-state index contributed by atoms with van der Waals surface area (Å²) in [6.45, 7) is 2.19. The van der Waals surface area contributed by atoms with Gasteiger partial charge in [0.05, 0.1) is 27.9 Å². The first kappa shape index (κ1) is 19.8. The van der Waals surface area contributed by atoms with Crippen molar-refractivity contribution in [3.05, 3.63) is 17.7 Å². The van der Waals surface area contributed by atoms with Gasteiger partial charge < -0.3 is 18.9 Å². The van der Waals surface area contributed by atoms with Crippen molar-refractivity contribution in [2.75, 3.05) is 27.9 Å². The minimum atomic E-state index is -0.187. The molecule has 0 aromatic heterocycles. The van der Waals surface area contributed by atoms with Gasteiger partial charge in [-0.25, -0.2) is 0 Å². The summed E-state index contributed by atoms with van der Waals surface area (Å²) in [5.74, 6) is 1.20. The average molecular weight is 338 g/mol. The zero-order chi connectivity index (χ0) is 17.9. The normalized spacial score (nSPS) is 10.2. The summed E-state index contributed by atoms with van der Waals surface area (Å²) in [5, 5.41) is 0. The van der Waals surface area contributed by atoms with Gasteiger partial charge in [0.2, 0.25) is 5.75 Å². The molecule has 0 aliphatic rings. The summed E-state index contributed by atoms with van der Waals surface area (Å²) >= 11 is 0. The van der Waals surface area contributed by atoms with E-state index in [1.54, 1.807) is 19.1 Å². The standard InChI is InChI=1S/C18H26O6/c1-5-24-17(20)10-8-6-7-9-14(19)13-11-15(21-2)18(23-4)16(12-13)22-3/h11-12H,5-10H2,1-4H3. The molecule has 0 bridgehead atoms. The Hall–Kier alpha value is -2.24. The Morgan fingerprint density at radius 3 is 1.96 bits per heavy atom. The van der Waals surface area contributed by atoms with Crippen molar-refractivity contribution in [1.82, 2.24) is 0 Å². The van der Waals surface area contributed by atoms with Crippen LogP contribution in [0.25, 0.3) is 0 Å². The van der Waals surface area contributed by atoms with E-state index in [2.05, 4.69) is 0 Å². The number of rotatable bonds is 11. The number of benzene rings is 1. The Morgan fingerprint density at radius 1 is 0.875 bits per heavy atom. The van der Waals surface area contributed by atoms with Crippen LogP contribution in [0.5, 0.6) is 17.2 Å². The maximum Gasteiger partial charge on any atom is 0.305 e. The van der Waals surface area contributed by atoms with Crippen LogP contribution in [0, 0.1) is 0 Å². The quantitative estimate of drug-likeness (QED) is 0.350. The number of methoxy groups -OCH3 is 3. The summed E-state index contributed by atoms with van der Waals surface area (Å²) < 4.78 is 20.6. The van der Waals surface area contributed by atoms with E-state index in [-0.39, 0.29) is 11.8 Å². The molecule has 1 aromatic rings. The smallest absolute Gasteiger partial charge is 0.305 e. The van der Waals surface area contributed by atoms with Crippen LogP contribution >= 0.6 is 0 Å². The Morgan fingerprint density at radius 2 is 1.46 bits per heavy atom. The fourth-order valence-electron chi connectivity index (χ4n) is 2.35. The summed E-state index contributed by atoms with van der Waals surface area (Å²) in [5.41, 5.74) is 0.523. The first-order valence-electron chi connectivity index (χ1n) is 8.06. The van der Waals surface area contributed by atoms with Gasteiger partial charge in [-0.15, -0.1) is 0 Å². The number of unbranched alkanes of at least 4 members (excludes halogenated alkanes) is 2. The van der Waals surface area contributed by atoms with Crippen molar-refractivity contribution >= 4 is 11.8 Å². The van der Waals surface area contributed by atoms with Gasteiger partial charge >= 0.3 is 5.97 Å². The molecule has 0 amide bonds. The summed E-state index contributed by atoms with van der Waals surface area (Å²) in [6, 6.07) is 3.31. The molecule has 0 heterocycles. The van der Waals surface area contributed by atoms with E-state index in [1.807, 2.05) is 0 Å². The monoisotopic (exact) mass is 338 g/mol. The summed E-state index contributed by atoms with van der Waals surface area (Å²) in [6.07, 6.45) is 3.04. The zero-order valence-electron chi connectivity index (χ0n) is 14.8. The van der Waals surface area contributed by atoms with E-state index in [4.69, 9.17) is 18.9 Å². The third-order valence-corrected chi connectivity index (χ3v) is 3.58. The molecule has 0 unspecified atom stereocenters. The van der Waals surface area contributed by atoms with Crippen LogP contribution in [0.2, 0.25) is 0 Å². The molecule has 1 aromatic carbocycles. The number of ether oxygens (including phenoxy) is 4. The minimum absolute atomic E-state index is 0.00499. The fraction of sp³-hybridized carbons (Fsp3) is 0.556. The average Bonchev–Trinajstić information content (AvgIpc) is 2.59. The lowest BCUT2D eigenvalue weighted by molar-refractivity contribution is -0.143. The van der Waals surface area contributed by atoms with Crippen molar-refractivity contribution in [2.45, 2.75) is 39.0 Å². The van der Waals surface area contributed by atoms with Gasteiger partial charge in [-0.05, 0) is 31.9 Å². The molecule has 0 saturated heterocycles. The SMILES string of the molecule is CCOC(=O)CCCCCC(=O)c1cc(OC)c(OC)c(OC)c1. The van der Waals surface area contributed by atoms with E-state index in [1.165, 1.54) is 21.3 Å². The van der Waals surface area contributed by atoms with Crippen LogP contribution in [0.4, 0.5) is 0 Å². The van der Waals surface area contributed by atoms with E-state index >= 15 is 0 Å². The number of esters is 1. The lowest BCUT2D eigenvalue weighted by Crippen LogP contribution is -2.04. The summed E-state index contributed by atoms with van der Waals surface area (Å²) in [7, 11) is 4.55. The largest absolute Gasteiger partial charge is 0.493 e. The molecule has 0 aliphatic heterocycles. The van der Waals surface area contributed by atoms with Crippen molar-refractivity contribution in [2.24, 2.45) is 0 Å². The molecule has 0 spiro atoms. The number of ketones is 1.